The number of nitrogens with one attached hydrogen (secondary N) is 1. The summed E-state index contributed by atoms with van der Waals surface area (Å²) in [6.07, 6.45) is 2.07. The third kappa shape index (κ3) is 3.76. The van der Waals surface area contributed by atoms with Crippen molar-refractivity contribution in [2.75, 3.05) is 0 Å². The van der Waals surface area contributed by atoms with Gasteiger partial charge in [0.15, 0.2) is 0 Å². The van der Waals surface area contributed by atoms with Gasteiger partial charge < -0.3 is 11.1 Å². The minimum absolute atomic E-state index is 0.306. The van der Waals surface area contributed by atoms with Crippen LogP contribution in [0.4, 0.5) is 8.78 Å². The molecule has 1 aromatic carbocycles. The van der Waals surface area contributed by atoms with E-state index in [-0.39, 0.29) is 5.56 Å². The van der Waals surface area contributed by atoms with Crippen LogP contribution in [0.3, 0.4) is 0 Å². The first-order valence-corrected chi connectivity index (χ1v) is 6.49. The molecule has 4 nitrogen and oxygen atoms in total. The fourth-order valence-corrected chi connectivity index (χ4v) is 2.04. The zero-order valence-corrected chi connectivity index (χ0v) is 10.9. The molecule has 0 aromatic heterocycles. The van der Waals surface area contributed by atoms with Crippen LogP contribution in [0.1, 0.15) is 24.8 Å². The number of halogens is 2. The van der Waals surface area contributed by atoms with Gasteiger partial charge in [0, 0.05) is 5.56 Å². The highest BCUT2D eigenvalue weighted by Gasteiger charge is 2.29. The standard InChI is InChI=1S/C14H16F2N2O2/c15-10-2-1-3-11(16)9(10)7-13(19)18-12(14(17)20)6-8-4-5-8/h1-3,8,12H,4-7H2,(H2,17,20)(H,18,19)/t12-/m0/s1. The third-order valence-corrected chi connectivity index (χ3v) is 3.34. The number of carbonyl (C=O) groups is 2. The number of amides is 2. The minimum Gasteiger partial charge on any atom is -0.368 e. The van der Waals surface area contributed by atoms with Crippen molar-refractivity contribution in [2.45, 2.75) is 31.7 Å². The summed E-state index contributed by atoms with van der Waals surface area (Å²) in [6.45, 7) is 0. The van der Waals surface area contributed by atoms with E-state index >= 15 is 0 Å². The Morgan fingerprint density at radius 3 is 2.40 bits per heavy atom. The summed E-state index contributed by atoms with van der Waals surface area (Å²) < 4.78 is 26.8. The van der Waals surface area contributed by atoms with E-state index in [1.165, 1.54) is 6.07 Å². The number of hydrogen-bond donors (Lipinski definition) is 2. The summed E-state index contributed by atoms with van der Waals surface area (Å²) in [7, 11) is 0. The molecule has 1 aromatic rings. The van der Waals surface area contributed by atoms with E-state index in [9.17, 15) is 18.4 Å². The molecule has 1 fully saturated rings. The monoisotopic (exact) mass is 282 g/mol. The predicted molar refractivity (Wildman–Crippen MR) is 68.5 cm³/mol. The Morgan fingerprint density at radius 2 is 1.90 bits per heavy atom. The van der Waals surface area contributed by atoms with Crippen LogP contribution < -0.4 is 11.1 Å². The van der Waals surface area contributed by atoms with Gasteiger partial charge in [-0.25, -0.2) is 8.78 Å². The number of nitrogens with two attached hydrogens (primary N) is 1. The van der Waals surface area contributed by atoms with Gasteiger partial charge in [-0.05, 0) is 24.5 Å². The Morgan fingerprint density at radius 1 is 1.30 bits per heavy atom. The molecule has 0 bridgehead atoms. The Labute approximate surface area is 115 Å². The van der Waals surface area contributed by atoms with Crippen molar-refractivity contribution >= 4 is 11.8 Å². The molecule has 0 spiro atoms. The molecule has 0 saturated heterocycles. The number of rotatable bonds is 6. The smallest absolute Gasteiger partial charge is 0.240 e. The summed E-state index contributed by atoms with van der Waals surface area (Å²) in [6, 6.07) is 2.62. The molecule has 108 valence electrons. The molecule has 0 heterocycles. The molecule has 20 heavy (non-hydrogen) atoms. The largest absolute Gasteiger partial charge is 0.368 e. The summed E-state index contributed by atoms with van der Waals surface area (Å²) >= 11 is 0. The van der Waals surface area contributed by atoms with Crippen LogP contribution in [0.25, 0.3) is 0 Å². The second-order valence-electron chi connectivity index (χ2n) is 5.08. The van der Waals surface area contributed by atoms with Gasteiger partial charge in [-0.2, -0.15) is 0 Å². The van der Waals surface area contributed by atoms with Crippen LogP contribution in [0.2, 0.25) is 0 Å². The third-order valence-electron chi connectivity index (χ3n) is 3.34. The van der Waals surface area contributed by atoms with Crippen molar-refractivity contribution in [3.63, 3.8) is 0 Å². The van der Waals surface area contributed by atoms with E-state index in [2.05, 4.69) is 5.32 Å². The van der Waals surface area contributed by atoms with Gasteiger partial charge in [-0.15, -0.1) is 0 Å². The average molecular weight is 282 g/mol. The molecule has 1 atom stereocenters. The molecule has 0 aliphatic heterocycles. The lowest BCUT2D eigenvalue weighted by atomic mass is 10.1. The lowest BCUT2D eigenvalue weighted by Gasteiger charge is -2.15. The Hall–Kier alpha value is -1.98. The maximum atomic E-state index is 13.4. The van der Waals surface area contributed by atoms with Gasteiger partial charge in [0.05, 0.1) is 6.42 Å². The molecular formula is C14H16F2N2O2. The quantitative estimate of drug-likeness (QED) is 0.825. The van der Waals surface area contributed by atoms with Crippen LogP contribution in [0.15, 0.2) is 18.2 Å². The normalized spacial score (nSPS) is 15.7. The summed E-state index contributed by atoms with van der Waals surface area (Å²) in [4.78, 5) is 23.0. The second kappa shape index (κ2) is 5.98. The number of carbonyl (C=O) groups excluding carboxylic acids is 2. The Kier molecular flexibility index (Phi) is 4.32. The predicted octanol–water partition coefficient (Wildman–Crippen LogP) is 1.28. The topological polar surface area (TPSA) is 72.2 Å². The average Bonchev–Trinajstić information content (AvgIpc) is 3.17. The highest BCUT2D eigenvalue weighted by molar-refractivity contribution is 5.87. The number of primary amides is 1. The van der Waals surface area contributed by atoms with Crippen LogP contribution in [0, 0.1) is 17.6 Å². The Balaban J connectivity index is 1.98. The molecule has 0 radical (unpaired) electrons. The van der Waals surface area contributed by atoms with E-state index in [0.717, 1.165) is 25.0 Å². The van der Waals surface area contributed by atoms with Crippen molar-refractivity contribution in [1.29, 1.82) is 0 Å². The first kappa shape index (κ1) is 14.4. The van der Waals surface area contributed by atoms with E-state index in [1.54, 1.807) is 0 Å². The SMILES string of the molecule is NC(=O)[C@H](CC1CC1)NC(=O)Cc1c(F)cccc1F. The minimum atomic E-state index is -0.780. The lowest BCUT2D eigenvalue weighted by Crippen LogP contribution is -2.45. The zero-order valence-electron chi connectivity index (χ0n) is 10.9. The highest BCUT2D eigenvalue weighted by atomic mass is 19.1. The van der Waals surface area contributed by atoms with Gasteiger partial charge in [0.25, 0.3) is 0 Å². The molecule has 0 unspecified atom stereocenters. The van der Waals surface area contributed by atoms with Crippen LogP contribution in [-0.2, 0) is 16.0 Å². The maximum absolute atomic E-state index is 13.4. The molecule has 2 amide bonds. The fourth-order valence-electron chi connectivity index (χ4n) is 2.04. The fraction of sp³-hybridized carbons (Fsp3) is 0.429. The number of benzene rings is 1. The molecular weight excluding hydrogens is 266 g/mol. The van der Waals surface area contributed by atoms with Gasteiger partial charge in [-0.1, -0.05) is 18.9 Å². The maximum Gasteiger partial charge on any atom is 0.240 e. The zero-order chi connectivity index (χ0) is 14.7. The molecule has 1 saturated carbocycles. The summed E-state index contributed by atoms with van der Waals surface area (Å²) in [5.41, 5.74) is 4.91. The second-order valence-corrected chi connectivity index (χ2v) is 5.08. The Bertz CT molecular complexity index is 510. The first-order chi connectivity index (χ1) is 9.47. The van der Waals surface area contributed by atoms with Crippen molar-refractivity contribution in [3.8, 4) is 0 Å². The highest BCUT2D eigenvalue weighted by Crippen LogP contribution is 2.33. The van der Waals surface area contributed by atoms with Gasteiger partial charge in [0.1, 0.15) is 17.7 Å². The molecule has 1 aliphatic rings. The van der Waals surface area contributed by atoms with Crippen molar-refractivity contribution in [1.82, 2.24) is 5.32 Å². The van der Waals surface area contributed by atoms with Crippen LogP contribution >= 0.6 is 0 Å². The van der Waals surface area contributed by atoms with E-state index in [4.69, 9.17) is 5.73 Å². The van der Waals surface area contributed by atoms with Crippen LogP contribution in [0.5, 0.6) is 0 Å². The molecule has 1 aliphatic carbocycles. The molecule has 3 N–H and O–H groups in total. The van der Waals surface area contributed by atoms with Crippen LogP contribution in [-0.4, -0.2) is 17.9 Å². The van der Waals surface area contributed by atoms with Crippen molar-refractivity contribution in [2.24, 2.45) is 11.7 Å². The number of hydrogen-bond acceptors (Lipinski definition) is 2. The molecule has 2 rings (SSSR count). The summed E-state index contributed by atoms with van der Waals surface area (Å²) in [5.74, 6) is -2.40. The van der Waals surface area contributed by atoms with Gasteiger partial charge >= 0.3 is 0 Å². The van der Waals surface area contributed by atoms with Crippen molar-refractivity contribution < 1.29 is 18.4 Å². The van der Waals surface area contributed by atoms with E-state index < -0.39 is 35.9 Å². The molecule has 6 heteroatoms. The van der Waals surface area contributed by atoms with E-state index in [0.29, 0.717) is 12.3 Å². The van der Waals surface area contributed by atoms with Gasteiger partial charge in [0.2, 0.25) is 11.8 Å². The van der Waals surface area contributed by atoms with E-state index in [1.807, 2.05) is 0 Å². The van der Waals surface area contributed by atoms with Crippen molar-refractivity contribution in [3.05, 3.63) is 35.4 Å². The first-order valence-electron chi connectivity index (χ1n) is 6.49. The summed E-state index contributed by atoms with van der Waals surface area (Å²) in [5, 5.41) is 2.44. The lowest BCUT2D eigenvalue weighted by molar-refractivity contribution is -0.127. The van der Waals surface area contributed by atoms with Gasteiger partial charge in [-0.3, -0.25) is 9.59 Å².